The van der Waals surface area contributed by atoms with E-state index in [1.807, 2.05) is 31.3 Å². The van der Waals surface area contributed by atoms with Crippen LogP contribution in [0.2, 0.25) is 0 Å². The van der Waals surface area contributed by atoms with Gasteiger partial charge in [0.2, 0.25) is 0 Å². The third kappa shape index (κ3) is 5.68. The number of rotatable bonds is 7. The topological polar surface area (TPSA) is 41.5 Å². The zero-order valence-electron chi connectivity index (χ0n) is 13.2. The molecule has 1 aromatic carbocycles. The van der Waals surface area contributed by atoms with Gasteiger partial charge in [0.25, 0.3) is 0 Å². The fourth-order valence-corrected chi connectivity index (χ4v) is 3.00. The molecule has 0 aliphatic heterocycles. The van der Waals surface area contributed by atoms with Gasteiger partial charge in [-0.2, -0.15) is 0 Å². The number of aliphatic hydroxyl groups is 1. The van der Waals surface area contributed by atoms with Gasteiger partial charge in [0, 0.05) is 0 Å². The molecule has 0 bridgehead atoms. The van der Waals surface area contributed by atoms with Crippen molar-refractivity contribution in [3.05, 3.63) is 29.8 Å². The SMILES string of the molecule is CNCCC(O)c1cccc(OCC2CCCCCC2)c1. The number of nitrogens with one attached hydrogen (secondary N) is 1. The summed E-state index contributed by atoms with van der Waals surface area (Å²) in [6.45, 7) is 1.63. The summed E-state index contributed by atoms with van der Waals surface area (Å²) in [7, 11) is 1.90. The fourth-order valence-electron chi connectivity index (χ4n) is 3.00. The Morgan fingerprint density at radius 2 is 2.00 bits per heavy atom. The Hall–Kier alpha value is -1.06. The Morgan fingerprint density at radius 3 is 2.71 bits per heavy atom. The first-order chi connectivity index (χ1) is 10.3. The molecule has 118 valence electrons. The smallest absolute Gasteiger partial charge is 0.119 e. The van der Waals surface area contributed by atoms with Crippen LogP contribution in [0, 0.1) is 5.92 Å². The minimum Gasteiger partial charge on any atom is -0.493 e. The number of aliphatic hydroxyl groups excluding tert-OH is 1. The van der Waals surface area contributed by atoms with E-state index < -0.39 is 6.10 Å². The molecule has 3 nitrogen and oxygen atoms in total. The minimum atomic E-state index is -0.418. The normalized spacial score (nSPS) is 18.2. The molecule has 1 fully saturated rings. The van der Waals surface area contributed by atoms with E-state index in [-0.39, 0.29) is 0 Å². The van der Waals surface area contributed by atoms with E-state index in [1.165, 1.54) is 38.5 Å². The third-order valence-corrected chi connectivity index (χ3v) is 4.37. The summed E-state index contributed by atoms with van der Waals surface area (Å²) in [4.78, 5) is 0. The van der Waals surface area contributed by atoms with Crippen molar-refractivity contribution in [2.45, 2.75) is 51.0 Å². The molecule has 2 N–H and O–H groups in total. The molecule has 21 heavy (non-hydrogen) atoms. The lowest BCUT2D eigenvalue weighted by molar-refractivity contribution is 0.166. The summed E-state index contributed by atoms with van der Waals surface area (Å²) < 4.78 is 5.97. The molecule has 1 saturated carbocycles. The Morgan fingerprint density at radius 1 is 1.24 bits per heavy atom. The zero-order chi connectivity index (χ0) is 14.9. The van der Waals surface area contributed by atoms with Crippen LogP contribution in [0.4, 0.5) is 0 Å². The van der Waals surface area contributed by atoms with E-state index in [0.29, 0.717) is 5.92 Å². The summed E-state index contributed by atoms with van der Waals surface area (Å²) >= 11 is 0. The second kappa shape index (κ2) is 9.06. The molecule has 1 aliphatic carbocycles. The van der Waals surface area contributed by atoms with Gasteiger partial charge in [0.05, 0.1) is 12.7 Å². The van der Waals surface area contributed by atoms with Gasteiger partial charge >= 0.3 is 0 Å². The molecule has 0 heterocycles. The van der Waals surface area contributed by atoms with Gasteiger partial charge in [-0.15, -0.1) is 0 Å². The Bertz CT molecular complexity index is 400. The lowest BCUT2D eigenvalue weighted by Gasteiger charge is -2.16. The first-order valence-corrected chi connectivity index (χ1v) is 8.35. The van der Waals surface area contributed by atoms with Crippen LogP contribution in [-0.4, -0.2) is 25.3 Å². The lowest BCUT2D eigenvalue weighted by Crippen LogP contribution is -2.13. The average Bonchev–Trinajstić information content (AvgIpc) is 2.79. The van der Waals surface area contributed by atoms with Crippen molar-refractivity contribution in [1.29, 1.82) is 0 Å². The third-order valence-electron chi connectivity index (χ3n) is 4.37. The van der Waals surface area contributed by atoms with E-state index >= 15 is 0 Å². The van der Waals surface area contributed by atoms with Crippen molar-refractivity contribution in [3.63, 3.8) is 0 Å². The maximum Gasteiger partial charge on any atom is 0.119 e. The molecular weight excluding hydrogens is 262 g/mol. The molecule has 1 atom stereocenters. The van der Waals surface area contributed by atoms with Gasteiger partial charge in [-0.25, -0.2) is 0 Å². The van der Waals surface area contributed by atoms with Crippen molar-refractivity contribution in [2.75, 3.05) is 20.2 Å². The first kappa shape index (κ1) is 16.3. The molecule has 0 saturated heterocycles. The van der Waals surface area contributed by atoms with E-state index in [0.717, 1.165) is 30.9 Å². The van der Waals surface area contributed by atoms with E-state index in [2.05, 4.69) is 5.32 Å². The number of hydrogen-bond donors (Lipinski definition) is 2. The van der Waals surface area contributed by atoms with Crippen LogP contribution < -0.4 is 10.1 Å². The molecule has 1 unspecified atom stereocenters. The summed E-state index contributed by atoms with van der Waals surface area (Å²) in [5, 5.41) is 13.2. The number of hydrogen-bond acceptors (Lipinski definition) is 3. The van der Waals surface area contributed by atoms with Gasteiger partial charge in [-0.05, 0) is 56.5 Å². The minimum absolute atomic E-state index is 0.418. The van der Waals surface area contributed by atoms with Crippen molar-refractivity contribution in [1.82, 2.24) is 5.32 Å². The standard InChI is InChI=1S/C18H29NO2/c1-19-12-11-18(20)16-9-6-10-17(13-16)21-14-15-7-4-2-3-5-8-15/h6,9-10,13,15,18-20H,2-5,7-8,11-12,14H2,1H3. The van der Waals surface area contributed by atoms with E-state index in [9.17, 15) is 5.11 Å². The Labute approximate surface area is 128 Å². The van der Waals surface area contributed by atoms with Crippen LogP contribution in [0.25, 0.3) is 0 Å². The van der Waals surface area contributed by atoms with Crippen LogP contribution in [0.15, 0.2) is 24.3 Å². The highest BCUT2D eigenvalue weighted by atomic mass is 16.5. The maximum absolute atomic E-state index is 10.1. The van der Waals surface area contributed by atoms with Crippen LogP contribution in [0.3, 0.4) is 0 Å². The highest BCUT2D eigenvalue weighted by Gasteiger charge is 2.13. The highest BCUT2D eigenvalue weighted by molar-refractivity contribution is 5.29. The molecule has 3 heteroatoms. The number of benzene rings is 1. The van der Waals surface area contributed by atoms with Crippen molar-refractivity contribution in [3.8, 4) is 5.75 Å². The fraction of sp³-hybridized carbons (Fsp3) is 0.667. The quantitative estimate of drug-likeness (QED) is 0.753. The van der Waals surface area contributed by atoms with Crippen molar-refractivity contribution >= 4 is 0 Å². The Kier molecular flexibility index (Phi) is 7.04. The van der Waals surface area contributed by atoms with Gasteiger partial charge in [-0.1, -0.05) is 37.8 Å². The Balaban J connectivity index is 1.85. The molecule has 0 amide bonds. The van der Waals surface area contributed by atoms with Gasteiger partial charge < -0.3 is 15.2 Å². The molecule has 0 aromatic heterocycles. The van der Waals surface area contributed by atoms with Crippen LogP contribution in [0.5, 0.6) is 5.75 Å². The summed E-state index contributed by atoms with van der Waals surface area (Å²) in [6.07, 6.45) is 8.34. The lowest BCUT2D eigenvalue weighted by atomic mass is 10.0. The van der Waals surface area contributed by atoms with Crippen LogP contribution in [-0.2, 0) is 0 Å². The second-order valence-electron chi connectivity index (χ2n) is 6.15. The summed E-state index contributed by atoms with van der Waals surface area (Å²) in [5.74, 6) is 1.59. The van der Waals surface area contributed by atoms with Crippen LogP contribution in [0.1, 0.15) is 56.6 Å². The molecule has 1 aliphatic rings. The predicted molar refractivity (Wildman–Crippen MR) is 86.6 cm³/mol. The highest BCUT2D eigenvalue weighted by Crippen LogP contribution is 2.25. The average molecular weight is 291 g/mol. The summed E-state index contributed by atoms with van der Waals surface area (Å²) in [5.41, 5.74) is 0.948. The molecule has 1 aromatic rings. The molecule has 0 radical (unpaired) electrons. The molecule has 0 spiro atoms. The predicted octanol–water partition coefficient (Wildman–Crippen LogP) is 3.68. The number of ether oxygens (including phenoxy) is 1. The molecule has 2 rings (SSSR count). The molecular formula is C18H29NO2. The van der Waals surface area contributed by atoms with E-state index in [4.69, 9.17) is 4.74 Å². The van der Waals surface area contributed by atoms with Gasteiger partial charge in [-0.3, -0.25) is 0 Å². The van der Waals surface area contributed by atoms with Gasteiger partial charge in [0.15, 0.2) is 0 Å². The van der Waals surface area contributed by atoms with Crippen molar-refractivity contribution < 1.29 is 9.84 Å². The largest absolute Gasteiger partial charge is 0.493 e. The van der Waals surface area contributed by atoms with Crippen molar-refractivity contribution in [2.24, 2.45) is 5.92 Å². The van der Waals surface area contributed by atoms with Crippen LogP contribution >= 0.6 is 0 Å². The maximum atomic E-state index is 10.1. The first-order valence-electron chi connectivity index (χ1n) is 8.35. The zero-order valence-corrected chi connectivity index (χ0v) is 13.2. The van der Waals surface area contributed by atoms with Gasteiger partial charge in [0.1, 0.15) is 5.75 Å². The summed E-state index contributed by atoms with van der Waals surface area (Å²) in [6, 6.07) is 7.92. The monoisotopic (exact) mass is 291 g/mol. The second-order valence-corrected chi connectivity index (χ2v) is 6.15. The van der Waals surface area contributed by atoms with E-state index in [1.54, 1.807) is 0 Å².